The Morgan fingerprint density at radius 3 is 2.66 bits per heavy atom. The number of carbonyl (C=O) groups excluding carboxylic acids is 1. The van der Waals surface area contributed by atoms with Gasteiger partial charge >= 0.3 is 12.2 Å². The molecule has 184 valence electrons. The Morgan fingerprint density at radius 1 is 1.23 bits per heavy atom. The molecule has 1 aliphatic rings. The molecule has 3 aromatic rings. The van der Waals surface area contributed by atoms with Gasteiger partial charge in [-0.05, 0) is 47.4 Å². The molecular formula is C25H25F3N4O3. The first-order valence-electron chi connectivity index (χ1n) is 11.1. The third-order valence-corrected chi connectivity index (χ3v) is 5.75. The van der Waals surface area contributed by atoms with Crippen molar-refractivity contribution in [2.24, 2.45) is 5.73 Å². The molecule has 0 saturated carbocycles. The third kappa shape index (κ3) is 5.95. The second-order valence-corrected chi connectivity index (χ2v) is 8.22. The summed E-state index contributed by atoms with van der Waals surface area (Å²) in [6.07, 6.45) is -2.39. The van der Waals surface area contributed by atoms with Crippen molar-refractivity contribution in [3.8, 4) is 17.1 Å². The van der Waals surface area contributed by atoms with E-state index in [0.717, 1.165) is 24.1 Å². The van der Waals surface area contributed by atoms with E-state index >= 15 is 0 Å². The fourth-order valence-electron chi connectivity index (χ4n) is 3.78. The normalized spacial score (nSPS) is 16.7. The van der Waals surface area contributed by atoms with Crippen molar-refractivity contribution in [3.63, 3.8) is 0 Å². The molecule has 0 radical (unpaired) electrons. The van der Waals surface area contributed by atoms with Gasteiger partial charge < -0.3 is 20.5 Å². The van der Waals surface area contributed by atoms with Gasteiger partial charge in [0.2, 0.25) is 0 Å². The number of hydrogen-bond acceptors (Lipinski definition) is 6. The molecule has 35 heavy (non-hydrogen) atoms. The fourth-order valence-corrected chi connectivity index (χ4v) is 3.78. The number of aromatic nitrogens is 2. The van der Waals surface area contributed by atoms with Gasteiger partial charge in [0.15, 0.2) is 0 Å². The Labute approximate surface area is 200 Å². The lowest BCUT2D eigenvalue weighted by atomic mass is 9.95. The molecule has 3 N–H and O–H groups in total. The first-order chi connectivity index (χ1) is 16.7. The van der Waals surface area contributed by atoms with Crippen molar-refractivity contribution in [2.75, 3.05) is 13.2 Å². The number of ether oxygens (including phenoxy) is 2. The smallest absolute Gasteiger partial charge is 0.416 e. The van der Waals surface area contributed by atoms with Gasteiger partial charge in [0.1, 0.15) is 11.8 Å². The summed E-state index contributed by atoms with van der Waals surface area (Å²) in [4.78, 5) is 20.9. The van der Waals surface area contributed by atoms with Gasteiger partial charge in [-0.15, -0.1) is 0 Å². The summed E-state index contributed by atoms with van der Waals surface area (Å²) in [7, 11) is 0. The standard InChI is InChI=1S/C25H25F3N4O3/c1-15(31-23(33)22-8-10-30-24(32-22)35-20-9-11-34-14-20)16-2-4-17(5-3-16)21-12-19(25(26,27)28)7-6-18(21)13-29/h2-8,10,12,15,20H,9,11,13-14,29H2,1H3,(H,31,33)/t15-,20-/m1/s1. The Balaban J connectivity index is 1.46. The highest BCUT2D eigenvalue weighted by Crippen LogP contribution is 2.34. The van der Waals surface area contributed by atoms with Crippen LogP contribution in [0.3, 0.4) is 0 Å². The lowest BCUT2D eigenvalue weighted by molar-refractivity contribution is -0.137. The molecule has 0 spiro atoms. The highest BCUT2D eigenvalue weighted by molar-refractivity contribution is 5.92. The first-order valence-corrected chi connectivity index (χ1v) is 11.1. The van der Waals surface area contributed by atoms with E-state index in [0.29, 0.717) is 29.9 Å². The fraction of sp³-hybridized carbons (Fsp3) is 0.320. The Bertz CT molecular complexity index is 1180. The number of nitrogens with one attached hydrogen (secondary N) is 1. The van der Waals surface area contributed by atoms with Crippen molar-refractivity contribution < 1.29 is 27.4 Å². The minimum absolute atomic E-state index is 0.111. The maximum Gasteiger partial charge on any atom is 0.416 e. The molecule has 0 bridgehead atoms. The minimum atomic E-state index is -4.45. The predicted molar refractivity (Wildman–Crippen MR) is 123 cm³/mol. The Kier molecular flexibility index (Phi) is 7.32. The van der Waals surface area contributed by atoms with E-state index in [-0.39, 0.29) is 30.4 Å². The number of nitrogens with two attached hydrogens (primary N) is 1. The van der Waals surface area contributed by atoms with Gasteiger partial charge in [-0.1, -0.05) is 30.3 Å². The van der Waals surface area contributed by atoms with E-state index in [4.69, 9.17) is 15.2 Å². The maximum atomic E-state index is 13.2. The van der Waals surface area contributed by atoms with Gasteiger partial charge in [0.05, 0.1) is 24.8 Å². The molecule has 1 amide bonds. The molecule has 2 heterocycles. The van der Waals surface area contributed by atoms with Crippen LogP contribution in [0.5, 0.6) is 6.01 Å². The molecule has 1 saturated heterocycles. The van der Waals surface area contributed by atoms with Crippen LogP contribution in [0.25, 0.3) is 11.1 Å². The molecule has 2 atom stereocenters. The largest absolute Gasteiger partial charge is 0.458 e. The Morgan fingerprint density at radius 2 is 2.00 bits per heavy atom. The summed E-state index contributed by atoms with van der Waals surface area (Å²) in [6.45, 7) is 2.99. The van der Waals surface area contributed by atoms with Gasteiger partial charge in [0, 0.05) is 19.2 Å². The van der Waals surface area contributed by atoms with Crippen LogP contribution < -0.4 is 15.8 Å². The van der Waals surface area contributed by atoms with E-state index in [1.54, 1.807) is 31.2 Å². The number of alkyl halides is 3. The molecule has 1 aliphatic heterocycles. The van der Waals surface area contributed by atoms with Crippen molar-refractivity contribution in [1.29, 1.82) is 0 Å². The molecule has 4 rings (SSSR count). The van der Waals surface area contributed by atoms with Gasteiger partial charge in [-0.25, -0.2) is 4.98 Å². The van der Waals surface area contributed by atoms with Crippen molar-refractivity contribution in [2.45, 2.75) is 38.2 Å². The number of carbonyl (C=O) groups is 1. The van der Waals surface area contributed by atoms with Gasteiger partial charge in [0.25, 0.3) is 5.91 Å². The average molecular weight is 486 g/mol. The summed E-state index contributed by atoms with van der Waals surface area (Å²) in [5, 5.41) is 2.87. The van der Waals surface area contributed by atoms with Crippen LogP contribution in [0.4, 0.5) is 13.2 Å². The SMILES string of the molecule is C[C@@H](NC(=O)c1ccnc(O[C@@H]2CCOC2)n1)c1ccc(-c2cc(C(F)(F)F)ccc2CN)cc1. The second kappa shape index (κ2) is 10.4. The zero-order chi connectivity index (χ0) is 25.0. The zero-order valence-electron chi connectivity index (χ0n) is 19.0. The summed E-state index contributed by atoms with van der Waals surface area (Å²) >= 11 is 0. The lowest BCUT2D eigenvalue weighted by Gasteiger charge is -2.16. The molecule has 7 nitrogen and oxygen atoms in total. The maximum absolute atomic E-state index is 13.2. The molecule has 0 aliphatic carbocycles. The molecule has 1 fully saturated rings. The topological polar surface area (TPSA) is 99.4 Å². The van der Waals surface area contributed by atoms with E-state index in [1.807, 2.05) is 0 Å². The molecule has 1 aromatic heterocycles. The number of halogens is 3. The number of nitrogens with zero attached hydrogens (tertiary/aromatic N) is 2. The Hall–Kier alpha value is -3.50. The van der Waals surface area contributed by atoms with E-state index in [2.05, 4.69) is 15.3 Å². The first kappa shape index (κ1) is 24.6. The predicted octanol–water partition coefficient (Wildman–Crippen LogP) is 4.28. The van der Waals surface area contributed by atoms with Crippen LogP contribution in [0, 0.1) is 0 Å². The van der Waals surface area contributed by atoms with Crippen LogP contribution in [0.1, 0.15) is 46.6 Å². The molecular weight excluding hydrogens is 461 g/mol. The summed E-state index contributed by atoms with van der Waals surface area (Å²) in [5.74, 6) is -0.403. The summed E-state index contributed by atoms with van der Waals surface area (Å²) < 4.78 is 50.5. The monoisotopic (exact) mass is 486 g/mol. The number of hydrogen-bond donors (Lipinski definition) is 2. The van der Waals surface area contributed by atoms with Gasteiger partial charge in [-0.3, -0.25) is 4.79 Å². The average Bonchev–Trinajstić information content (AvgIpc) is 3.36. The van der Waals surface area contributed by atoms with Crippen LogP contribution >= 0.6 is 0 Å². The highest BCUT2D eigenvalue weighted by Gasteiger charge is 2.31. The third-order valence-electron chi connectivity index (χ3n) is 5.75. The number of rotatable bonds is 7. The van der Waals surface area contributed by atoms with Crippen LogP contribution in [0.2, 0.25) is 0 Å². The summed E-state index contributed by atoms with van der Waals surface area (Å²) in [5.41, 5.74) is 7.58. The lowest BCUT2D eigenvalue weighted by Crippen LogP contribution is -2.28. The van der Waals surface area contributed by atoms with Crippen LogP contribution in [0.15, 0.2) is 54.7 Å². The highest BCUT2D eigenvalue weighted by atomic mass is 19.4. The molecule has 2 aromatic carbocycles. The van der Waals surface area contributed by atoms with E-state index < -0.39 is 17.6 Å². The minimum Gasteiger partial charge on any atom is -0.458 e. The summed E-state index contributed by atoms with van der Waals surface area (Å²) in [6, 6.07) is 11.7. The quantitative estimate of drug-likeness (QED) is 0.517. The van der Waals surface area contributed by atoms with E-state index in [1.165, 1.54) is 18.3 Å². The van der Waals surface area contributed by atoms with Crippen LogP contribution in [-0.4, -0.2) is 35.2 Å². The number of benzene rings is 2. The van der Waals surface area contributed by atoms with E-state index in [9.17, 15) is 18.0 Å². The van der Waals surface area contributed by atoms with Crippen molar-refractivity contribution in [1.82, 2.24) is 15.3 Å². The van der Waals surface area contributed by atoms with Crippen LogP contribution in [-0.2, 0) is 17.5 Å². The van der Waals surface area contributed by atoms with Gasteiger partial charge in [-0.2, -0.15) is 18.2 Å². The molecule has 10 heteroatoms. The van der Waals surface area contributed by atoms with Crippen molar-refractivity contribution >= 4 is 5.91 Å². The zero-order valence-corrected chi connectivity index (χ0v) is 19.0. The molecule has 0 unspecified atom stereocenters. The van der Waals surface area contributed by atoms with Crippen molar-refractivity contribution in [3.05, 3.63) is 77.1 Å². The number of amides is 1. The second-order valence-electron chi connectivity index (χ2n) is 8.22.